The van der Waals surface area contributed by atoms with Crippen LogP contribution in [0.3, 0.4) is 0 Å². The van der Waals surface area contributed by atoms with Gasteiger partial charge in [-0.15, -0.1) is 0 Å². The minimum atomic E-state index is -0.150. The number of hydrogen-bond donors (Lipinski definition) is 2. The average Bonchev–Trinajstić information content (AvgIpc) is 3.17. The highest BCUT2D eigenvalue weighted by atomic mass is 32.1. The van der Waals surface area contributed by atoms with E-state index in [4.69, 9.17) is 4.74 Å². The third-order valence-corrected chi connectivity index (χ3v) is 5.00. The van der Waals surface area contributed by atoms with Crippen LogP contribution in [0.2, 0.25) is 0 Å². The fraction of sp³-hybridized carbons (Fsp3) is 0.294. The Balaban J connectivity index is 1.48. The van der Waals surface area contributed by atoms with Gasteiger partial charge in [0.05, 0.1) is 24.2 Å². The van der Waals surface area contributed by atoms with Crippen LogP contribution in [-0.2, 0) is 4.74 Å². The van der Waals surface area contributed by atoms with E-state index in [-0.39, 0.29) is 12.7 Å². The van der Waals surface area contributed by atoms with Gasteiger partial charge in [0.25, 0.3) is 0 Å². The Morgan fingerprint density at radius 3 is 3.00 bits per heavy atom. The predicted octanol–water partition coefficient (Wildman–Crippen LogP) is 1.94. The number of nitrogens with one attached hydrogen (secondary N) is 1. The number of hydrogen-bond acceptors (Lipinski definition) is 9. The first-order chi connectivity index (χ1) is 12.8. The molecule has 26 heavy (non-hydrogen) atoms. The van der Waals surface area contributed by atoms with Gasteiger partial charge in [0.2, 0.25) is 0 Å². The molecule has 4 heterocycles. The van der Waals surface area contributed by atoms with Crippen LogP contribution in [0.15, 0.2) is 43.2 Å². The molecule has 9 heteroatoms. The van der Waals surface area contributed by atoms with Crippen LogP contribution >= 0.6 is 11.3 Å². The van der Waals surface area contributed by atoms with Crippen molar-refractivity contribution in [2.24, 2.45) is 0 Å². The molecule has 1 unspecified atom stereocenters. The highest BCUT2D eigenvalue weighted by Crippen LogP contribution is 2.30. The molecule has 1 saturated heterocycles. The molecule has 3 aromatic heterocycles. The van der Waals surface area contributed by atoms with Crippen molar-refractivity contribution in [3.05, 3.63) is 43.2 Å². The highest BCUT2D eigenvalue weighted by molar-refractivity contribution is 7.18. The Hall–Kier alpha value is -2.62. The minimum Gasteiger partial charge on any atom is -0.394 e. The summed E-state index contributed by atoms with van der Waals surface area (Å²) in [5.41, 5.74) is 1.97. The van der Waals surface area contributed by atoms with Crippen LogP contribution in [0, 0.1) is 0 Å². The second-order valence-electron chi connectivity index (χ2n) is 5.80. The van der Waals surface area contributed by atoms with Gasteiger partial charge >= 0.3 is 0 Å². The van der Waals surface area contributed by atoms with Gasteiger partial charge in [0.15, 0.2) is 5.13 Å². The van der Waals surface area contributed by atoms with Gasteiger partial charge in [-0.2, -0.15) is 0 Å². The number of nitrogens with zero attached hydrogens (tertiary/aromatic N) is 5. The molecular formula is C17H18N6O2S. The smallest absolute Gasteiger partial charge is 0.188 e. The van der Waals surface area contributed by atoms with E-state index in [1.54, 1.807) is 24.8 Å². The summed E-state index contributed by atoms with van der Waals surface area (Å²) in [6.07, 6.45) is 8.44. The first-order valence-electron chi connectivity index (χ1n) is 8.23. The normalized spacial score (nSPS) is 17.3. The summed E-state index contributed by atoms with van der Waals surface area (Å²) in [5, 5.41) is 13.3. The van der Waals surface area contributed by atoms with E-state index in [1.807, 2.05) is 12.1 Å². The minimum absolute atomic E-state index is 0.0256. The van der Waals surface area contributed by atoms with E-state index in [9.17, 15) is 5.11 Å². The highest BCUT2D eigenvalue weighted by Gasteiger charge is 2.20. The van der Waals surface area contributed by atoms with E-state index in [2.05, 4.69) is 30.2 Å². The number of morpholine rings is 1. The molecule has 0 saturated carbocycles. The number of thiazole rings is 1. The van der Waals surface area contributed by atoms with Gasteiger partial charge in [-0.1, -0.05) is 11.3 Å². The van der Waals surface area contributed by atoms with Crippen molar-refractivity contribution >= 4 is 28.0 Å². The fourth-order valence-corrected chi connectivity index (χ4v) is 3.55. The van der Waals surface area contributed by atoms with Gasteiger partial charge in [0, 0.05) is 55.2 Å². The van der Waals surface area contributed by atoms with Crippen molar-refractivity contribution in [2.75, 3.05) is 36.5 Å². The Kier molecular flexibility index (Phi) is 5.00. The van der Waals surface area contributed by atoms with Gasteiger partial charge < -0.3 is 20.1 Å². The SMILES string of the molecule is OCC1CN(c2ccnc(Nc3ncc(-c4cncnc4)s3)c2)CCO1. The Bertz CT molecular complexity index is 859. The molecule has 8 nitrogen and oxygen atoms in total. The maximum absolute atomic E-state index is 9.31. The van der Waals surface area contributed by atoms with Crippen molar-refractivity contribution < 1.29 is 9.84 Å². The molecule has 0 aliphatic carbocycles. The van der Waals surface area contributed by atoms with E-state index in [1.165, 1.54) is 17.7 Å². The standard InChI is InChI=1S/C17H18N6O2S/c24-10-14-9-23(3-4-25-14)13-1-2-20-16(5-13)22-17-21-8-15(26-17)12-6-18-11-19-7-12/h1-2,5-8,11,14,24H,3-4,9-10H2,(H,20,21,22). The van der Waals surface area contributed by atoms with Crippen molar-refractivity contribution in [2.45, 2.75) is 6.10 Å². The van der Waals surface area contributed by atoms with Crippen molar-refractivity contribution in [3.63, 3.8) is 0 Å². The quantitative estimate of drug-likeness (QED) is 0.703. The lowest BCUT2D eigenvalue weighted by Gasteiger charge is -2.33. The molecule has 2 N–H and O–H groups in total. The lowest BCUT2D eigenvalue weighted by Crippen LogP contribution is -2.44. The number of aliphatic hydroxyl groups is 1. The summed E-state index contributed by atoms with van der Waals surface area (Å²) < 4.78 is 5.51. The van der Waals surface area contributed by atoms with Crippen molar-refractivity contribution in [1.82, 2.24) is 19.9 Å². The second-order valence-corrected chi connectivity index (χ2v) is 6.83. The number of aliphatic hydroxyl groups excluding tert-OH is 1. The van der Waals surface area contributed by atoms with Crippen LogP contribution in [0.5, 0.6) is 0 Å². The first-order valence-corrected chi connectivity index (χ1v) is 9.05. The molecule has 0 radical (unpaired) electrons. The topological polar surface area (TPSA) is 96.3 Å². The zero-order valence-electron chi connectivity index (χ0n) is 13.9. The van der Waals surface area contributed by atoms with E-state index < -0.39 is 0 Å². The molecule has 0 spiro atoms. The maximum Gasteiger partial charge on any atom is 0.188 e. The van der Waals surface area contributed by atoms with Gasteiger partial charge in [-0.3, -0.25) is 0 Å². The number of rotatable bonds is 5. The average molecular weight is 370 g/mol. The zero-order chi connectivity index (χ0) is 17.8. The number of anilines is 3. The summed E-state index contributed by atoms with van der Waals surface area (Å²) in [5.74, 6) is 0.722. The van der Waals surface area contributed by atoms with Crippen LogP contribution in [0.4, 0.5) is 16.6 Å². The molecule has 0 aromatic carbocycles. The zero-order valence-corrected chi connectivity index (χ0v) is 14.8. The molecule has 134 valence electrons. The fourth-order valence-electron chi connectivity index (χ4n) is 2.75. The van der Waals surface area contributed by atoms with E-state index in [0.717, 1.165) is 33.6 Å². The Morgan fingerprint density at radius 2 is 2.15 bits per heavy atom. The summed E-state index contributed by atoms with van der Waals surface area (Å²) in [4.78, 5) is 20.0. The summed E-state index contributed by atoms with van der Waals surface area (Å²) >= 11 is 1.52. The molecule has 0 bridgehead atoms. The molecule has 3 aromatic rings. The van der Waals surface area contributed by atoms with Crippen LogP contribution in [0.1, 0.15) is 0 Å². The molecule has 1 aliphatic rings. The molecular weight excluding hydrogens is 352 g/mol. The van der Waals surface area contributed by atoms with E-state index in [0.29, 0.717) is 13.2 Å². The molecule has 4 rings (SSSR count). The maximum atomic E-state index is 9.31. The number of ether oxygens (including phenoxy) is 1. The monoisotopic (exact) mass is 370 g/mol. The van der Waals surface area contributed by atoms with Gasteiger partial charge in [-0.05, 0) is 6.07 Å². The Labute approximate surface area is 154 Å². The van der Waals surface area contributed by atoms with Crippen LogP contribution in [-0.4, -0.2) is 57.4 Å². The number of aromatic nitrogens is 4. The molecule has 1 fully saturated rings. The van der Waals surface area contributed by atoms with Gasteiger partial charge in [0.1, 0.15) is 12.1 Å². The van der Waals surface area contributed by atoms with Crippen LogP contribution < -0.4 is 10.2 Å². The van der Waals surface area contributed by atoms with Crippen molar-refractivity contribution in [3.8, 4) is 10.4 Å². The second kappa shape index (κ2) is 7.73. The lowest BCUT2D eigenvalue weighted by molar-refractivity contribution is 0.00357. The van der Waals surface area contributed by atoms with E-state index >= 15 is 0 Å². The lowest BCUT2D eigenvalue weighted by atomic mass is 10.2. The summed E-state index contributed by atoms with van der Waals surface area (Å²) in [6.45, 7) is 2.08. The third kappa shape index (κ3) is 3.79. The number of pyridine rings is 1. The molecule has 0 amide bonds. The predicted molar refractivity (Wildman–Crippen MR) is 99.7 cm³/mol. The van der Waals surface area contributed by atoms with Crippen LogP contribution in [0.25, 0.3) is 10.4 Å². The molecule has 1 atom stereocenters. The molecule has 1 aliphatic heterocycles. The first kappa shape index (κ1) is 16.8. The summed E-state index contributed by atoms with van der Waals surface area (Å²) in [7, 11) is 0. The Morgan fingerprint density at radius 1 is 1.27 bits per heavy atom. The largest absolute Gasteiger partial charge is 0.394 e. The van der Waals surface area contributed by atoms with Gasteiger partial charge in [-0.25, -0.2) is 19.9 Å². The summed E-state index contributed by atoms with van der Waals surface area (Å²) in [6, 6.07) is 3.94. The van der Waals surface area contributed by atoms with Crippen molar-refractivity contribution in [1.29, 1.82) is 0 Å². The third-order valence-electron chi connectivity index (χ3n) is 4.04.